The molecule has 1 atom stereocenters. The van der Waals surface area contributed by atoms with Crippen LogP contribution in [0.15, 0.2) is 114 Å². The van der Waals surface area contributed by atoms with Gasteiger partial charge < -0.3 is 20.7 Å². The molecule has 0 spiro atoms. The number of benzene rings is 4. The monoisotopic (exact) mass is 783 g/mol. The smallest absolute Gasteiger partial charge is 0.341 e. The molecular formula is C41H35Cl2N3O5S2. The van der Waals surface area contributed by atoms with Crippen LogP contribution in [-0.2, 0) is 27.2 Å². The van der Waals surface area contributed by atoms with Crippen molar-refractivity contribution in [3.8, 4) is 0 Å². The average Bonchev–Trinajstić information content (AvgIpc) is 3.53. The zero-order valence-electron chi connectivity index (χ0n) is 28.6. The van der Waals surface area contributed by atoms with Gasteiger partial charge in [-0.05, 0) is 97.8 Å². The molecule has 1 unspecified atom stereocenters. The minimum absolute atomic E-state index is 0.0429. The molecule has 0 fully saturated rings. The average molecular weight is 785 g/mol. The fraction of sp³-hybridized carbons (Fsp3) is 0.171. The molecular weight excluding hydrogens is 750 g/mol. The van der Waals surface area contributed by atoms with Crippen molar-refractivity contribution in [2.75, 3.05) is 17.2 Å². The van der Waals surface area contributed by atoms with Gasteiger partial charge in [-0.2, -0.15) is 0 Å². The van der Waals surface area contributed by atoms with Gasteiger partial charge in [-0.3, -0.25) is 14.4 Å². The van der Waals surface area contributed by atoms with Crippen LogP contribution in [0.25, 0.3) is 6.08 Å². The van der Waals surface area contributed by atoms with Crippen LogP contribution in [0.4, 0.5) is 10.7 Å². The largest absolute Gasteiger partial charge is 0.462 e. The first-order valence-electron chi connectivity index (χ1n) is 17.0. The molecule has 4 aromatic carbocycles. The maximum atomic E-state index is 14.1. The van der Waals surface area contributed by atoms with E-state index in [1.165, 1.54) is 29.2 Å². The Kier molecular flexibility index (Phi) is 12.7. The predicted molar refractivity (Wildman–Crippen MR) is 214 cm³/mol. The second-order valence-corrected chi connectivity index (χ2v) is 15.2. The Morgan fingerprint density at radius 2 is 1.60 bits per heavy atom. The molecule has 0 radical (unpaired) electrons. The third-order valence-corrected chi connectivity index (χ3v) is 11.4. The first-order valence-corrected chi connectivity index (χ1v) is 19.4. The number of halogens is 2. The fourth-order valence-corrected chi connectivity index (χ4v) is 8.68. The number of ether oxygens (including phenoxy) is 1. The summed E-state index contributed by atoms with van der Waals surface area (Å²) in [5.41, 5.74) is 3.42. The summed E-state index contributed by atoms with van der Waals surface area (Å²) in [6.07, 6.45) is 5.12. The Hall–Kier alpha value is -4.87. The molecule has 8 nitrogen and oxygen atoms in total. The molecule has 0 saturated carbocycles. The summed E-state index contributed by atoms with van der Waals surface area (Å²) in [7, 11) is 0. The third kappa shape index (κ3) is 9.57. The number of anilines is 2. The summed E-state index contributed by atoms with van der Waals surface area (Å²) in [4.78, 5) is 56.0. The van der Waals surface area contributed by atoms with E-state index in [-0.39, 0.29) is 18.2 Å². The minimum Gasteiger partial charge on any atom is -0.462 e. The Balaban J connectivity index is 1.26. The number of hydrogen-bond donors (Lipinski definition) is 3. The van der Waals surface area contributed by atoms with Gasteiger partial charge >= 0.3 is 5.97 Å². The van der Waals surface area contributed by atoms with Crippen molar-refractivity contribution in [2.24, 2.45) is 0 Å². The van der Waals surface area contributed by atoms with Gasteiger partial charge in [0.15, 0.2) is 0 Å². The highest BCUT2D eigenvalue weighted by molar-refractivity contribution is 8.00. The molecule has 3 N–H and O–H groups in total. The lowest BCUT2D eigenvalue weighted by molar-refractivity contribution is -0.116. The molecule has 1 aliphatic carbocycles. The molecule has 0 bridgehead atoms. The highest BCUT2D eigenvalue weighted by atomic mass is 35.5. The molecule has 270 valence electrons. The van der Waals surface area contributed by atoms with Gasteiger partial charge in [-0.1, -0.05) is 83.9 Å². The van der Waals surface area contributed by atoms with Gasteiger partial charge in [0.1, 0.15) is 15.9 Å². The second kappa shape index (κ2) is 17.8. The van der Waals surface area contributed by atoms with Crippen molar-refractivity contribution in [2.45, 2.75) is 42.8 Å². The van der Waals surface area contributed by atoms with Gasteiger partial charge in [0.05, 0.1) is 12.2 Å². The van der Waals surface area contributed by atoms with Crippen molar-refractivity contribution >= 4 is 86.8 Å². The number of fused-ring (bicyclic) bond motifs is 1. The van der Waals surface area contributed by atoms with Crippen LogP contribution in [0.5, 0.6) is 0 Å². The third-order valence-electron chi connectivity index (χ3n) is 8.37. The number of aryl methyl sites for hydroxylation is 1. The Bertz CT molecular complexity index is 2170. The van der Waals surface area contributed by atoms with E-state index in [4.69, 9.17) is 27.9 Å². The predicted octanol–water partition coefficient (Wildman–Crippen LogP) is 9.99. The van der Waals surface area contributed by atoms with Crippen LogP contribution in [-0.4, -0.2) is 30.3 Å². The van der Waals surface area contributed by atoms with Crippen LogP contribution < -0.4 is 16.0 Å². The van der Waals surface area contributed by atoms with E-state index in [0.717, 1.165) is 41.7 Å². The summed E-state index contributed by atoms with van der Waals surface area (Å²) in [6, 6.07) is 29.8. The summed E-state index contributed by atoms with van der Waals surface area (Å²) >= 11 is 15.3. The highest BCUT2D eigenvalue weighted by Crippen LogP contribution is 2.42. The van der Waals surface area contributed by atoms with Crippen LogP contribution in [0, 0.1) is 0 Å². The number of thiophene rings is 1. The minimum atomic E-state index is -0.705. The molecule has 12 heteroatoms. The molecule has 0 aliphatic heterocycles. The number of amides is 3. The SMILES string of the molecule is CCOC(=O)c1c(NC(=O)C(Sc2cccc(NC(=O)/C(=C\c3ccc(Cl)cc3Cl)NC(=O)c3ccccc3)c2)c2ccccc2)sc2c1CCCC2. The number of esters is 1. The van der Waals surface area contributed by atoms with Crippen LogP contribution in [0.3, 0.4) is 0 Å². The lowest BCUT2D eigenvalue weighted by atomic mass is 9.95. The van der Waals surface area contributed by atoms with Gasteiger partial charge in [-0.15, -0.1) is 23.1 Å². The second-order valence-electron chi connectivity index (χ2n) is 12.1. The zero-order chi connectivity index (χ0) is 37.3. The molecule has 5 aromatic rings. The zero-order valence-corrected chi connectivity index (χ0v) is 31.8. The molecule has 1 heterocycles. The standard InChI is InChI=1S/C41H35Cl2N3O5S2/c1-2-51-41(50)35-31-18-9-10-19-34(31)53-40(35)46-39(49)36(25-12-5-3-6-13-25)52-30-17-11-16-29(24-30)44-38(48)33(22-27-20-21-28(42)23-32(27)43)45-37(47)26-14-7-4-8-15-26/h3-8,11-17,20-24,36H,2,9-10,18-19H2,1H3,(H,44,48)(H,45,47)(H,46,49)/b33-22+. The van der Waals surface area contributed by atoms with Crippen molar-refractivity contribution < 1.29 is 23.9 Å². The molecule has 53 heavy (non-hydrogen) atoms. The van der Waals surface area contributed by atoms with Gasteiger partial charge in [0.25, 0.3) is 11.8 Å². The van der Waals surface area contributed by atoms with E-state index in [1.54, 1.807) is 73.7 Å². The number of thioether (sulfide) groups is 1. The molecule has 3 amide bonds. The van der Waals surface area contributed by atoms with E-state index in [1.807, 2.05) is 36.4 Å². The van der Waals surface area contributed by atoms with Crippen molar-refractivity contribution in [1.82, 2.24) is 5.32 Å². The Morgan fingerprint density at radius 1 is 0.868 bits per heavy atom. The van der Waals surface area contributed by atoms with Crippen molar-refractivity contribution in [3.05, 3.63) is 152 Å². The van der Waals surface area contributed by atoms with E-state index in [9.17, 15) is 19.2 Å². The first-order chi connectivity index (χ1) is 25.7. The number of nitrogens with one attached hydrogen (secondary N) is 3. The number of carbonyl (C=O) groups is 4. The summed E-state index contributed by atoms with van der Waals surface area (Å²) in [6.45, 7) is 2.00. The summed E-state index contributed by atoms with van der Waals surface area (Å²) in [5, 5.41) is 9.19. The van der Waals surface area contributed by atoms with Crippen molar-refractivity contribution in [1.29, 1.82) is 0 Å². The van der Waals surface area contributed by atoms with Gasteiger partial charge in [0, 0.05) is 31.1 Å². The topological polar surface area (TPSA) is 114 Å². The quantitative estimate of drug-likeness (QED) is 0.0660. The van der Waals surface area contributed by atoms with Gasteiger partial charge in [-0.25, -0.2) is 4.79 Å². The molecule has 1 aliphatic rings. The molecule has 1 aromatic heterocycles. The Labute approximate surface area is 325 Å². The maximum Gasteiger partial charge on any atom is 0.341 e. The number of hydrogen-bond acceptors (Lipinski definition) is 7. The van der Waals surface area contributed by atoms with Crippen LogP contribution in [0.1, 0.15) is 67.3 Å². The van der Waals surface area contributed by atoms with Crippen molar-refractivity contribution in [3.63, 3.8) is 0 Å². The van der Waals surface area contributed by atoms with Crippen LogP contribution in [0.2, 0.25) is 10.0 Å². The molecule has 0 saturated heterocycles. The van der Waals surface area contributed by atoms with Gasteiger partial charge in [0.2, 0.25) is 5.91 Å². The summed E-state index contributed by atoms with van der Waals surface area (Å²) < 4.78 is 5.40. The lowest BCUT2D eigenvalue weighted by Gasteiger charge is -2.18. The van der Waals surface area contributed by atoms with E-state index < -0.39 is 23.0 Å². The van der Waals surface area contributed by atoms with Crippen LogP contribution >= 0.6 is 46.3 Å². The fourth-order valence-electron chi connectivity index (χ4n) is 5.85. The maximum absolute atomic E-state index is 14.1. The number of rotatable bonds is 12. The summed E-state index contributed by atoms with van der Waals surface area (Å²) in [5.74, 6) is -1.79. The van der Waals surface area contributed by atoms with E-state index in [0.29, 0.717) is 42.3 Å². The molecule has 6 rings (SSSR count). The first kappa shape index (κ1) is 37.9. The highest BCUT2D eigenvalue weighted by Gasteiger charge is 2.30. The number of carbonyl (C=O) groups excluding carboxylic acids is 4. The van der Waals surface area contributed by atoms with E-state index >= 15 is 0 Å². The lowest BCUT2D eigenvalue weighted by Crippen LogP contribution is -2.30. The Morgan fingerprint density at radius 3 is 2.34 bits per heavy atom. The van der Waals surface area contributed by atoms with E-state index in [2.05, 4.69) is 16.0 Å². The normalized spacial score (nSPS) is 13.0.